The fourth-order valence-corrected chi connectivity index (χ4v) is 7.31. The molecule has 0 aliphatic heterocycles. The van der Waals surface area contributed by atoms with E-state index in [0.717, 1.165) is 25.5 Å². The number of carbonyl (C=O) groups is 1. The Morgan fingerprint density at radius 3 is 2.21 bits per heavy atom. The van der Waals surface area contributed by atoms with Crippen LogP contribution in [-0.4, -0.2) is 35.9 Å². The van der Waals surface area contributed by atoms with Gasteiger partial charge in [-0.2, -0.15) is 0 Å². The number of hydrogen-bond acceptors (Lipinski definition) is 3. The van der Waals surface area contributed by atoms with E-state index in [4.69, 9.17) is 9.16 Å². The highest BCUT2D eigenvalue weighted by Crippen LogP contribution is 2.42. The van der Waals surface area contributed by atoms with E-state index in [9.17, 15) is 4.79 Å². The Morgan fingerprint density at radius 2 is 1.72 bits per heavy atom. The molecule has 1 aliphatic rings. The van der Waals surface area contributed by atoms with Gasteiger partial charge in [-0.1, -0.05) is 46.8 Å². The van der Waals surface area contributed by atoms with Gasteiger partial charge in [0.1, 0.15) is 5.78 Å². The van der Waals surface area contributed by atoms with Crippen LogP contribution < -0.4 is 0 Å². The first-order valence-corrected chi connectivity index (χ1v) is 18.2. The van der Waals surface area contributed by atoms with Crippen LogP contribution in [0.1, 0.15) is 59.8 Å². The molecule has 3 nitrogen and oxygen atoms in total. The molecule has 170 valence electrons. The first kappa shape index (κ1) is 26.6. The zero-order valence-electron chi connectivity index (χ0n) is 21.0. The van der Waals surface area contributed by atoms with Crippen molar-refractivity contribution in [2.45, 2.75) is 104 Å². The highest BCUT2D eigenvalue weighted by molar-refractivity contribution is 6.76. The number of methoxy groups -OCH3 is 1. The number of hydrogen-bond donors (Lipinski definition) is 0. The Hall–Kier alpha value is -0.396. The zero-order valence-corrected chi connectivity index (χ0v) is 23.0. The van der Waals surface area contributed by atoms with Gasteiger partial charge in [-0.15, -0.1) is 0 Å². The molecule has 3 atom stereocenters. The normalized spacial score (nSPS) is 23.9. The van der Waals surface area contributed by atoms with Crippen LogP contribution in [0.25, 0.3) is 0 Å². The van der Waals surface area contributed by atoms with Crippen LogP contribution in [0.2, 0.25) is 43.8 Å². The minimum Gasteiger partial charge on any atom is -0.504 e. The van der Waals surface area contributed by atoms with Crippen molar-refractivity contribution in [1.82, 2.24) is 0 Å². The molecule has 0 bridgehead atoms. The smallest absolute Gasteiger partial charge is 0.191 e. The van der Waals surface area contributed by atoms with E-state index in [2.05, 4.69) is 53.5 Å². The molecule has 1 rings (SSSR count). The van der Waals surface area contributed by atoms with Crippen LogP contribution >= 0.6 is 0 Å². The van der Waals surface area contributed by atoms with Crippen LogP contribution in [0.15, 0.2) is 11.8 Å². The summed E-state index contributed by atoms with van der Waals surface area (Å²) in [6.45, 7) is 21.3. The molecular weight excluding hydrogens is 392 g/mol. The SMILES string of the molecule is CO/C=C1/[C@H](CCO[Si](C)(C)C(C)(C)C)CCC[C@@H]1CC(C[Si](C)(C)C)C(C)=O. The summed E-state index contributed by atoms with van der Waals surface area (Å²) in [5.41, 5.74) is 1.43. The summed E-state index contributed by atoms with van der Waals surface area (Å²) in [6.07, 6.45) is 7.70. The van der Waals surface area contributed by atoms with Gasteiger partial charge in [0.2, 0.25) is 0 Å². The third-order valence-corrected chi connectivity index (χ3v) is 13.3. The lowest BCUT2D eigenvalue weighted by atomic mass is 9.72. The fourth-order valence-electron chi connectivity index (χ4n) is 4.32. The van der Waals surface area contributed by atoms with E-state index in [1.54, 1.807) is 14.0 Å². The summed E-state index contributed by atoms with van der Waals surface area (Å²) < 4.78 is 12.0. The lowest BCUT2D eigenvalue weighted by Gasteiger charge is -2.38. The Labute approximate surface area is 183 Å². The second-order valence-electron chi connectivity index (χ2n) is 11.9. The van der Waals surface area contributed by atoms with Crippen LogP contribution in [-0.2, 0) is 14.0 Å². The molecule has 0 aromatic heterocycles. The number of allylic oxidation sites excluding steroid dienone is 1. The van der Waals surface area contributed by atoms with E-state index in [0.29, 0.717) is 17.6 Å². The standard InChI is InChI=1S/C24H48O3Si2/c1-19(25)22(18-28(6,7)8)16-21-13-11-12-20(23(21)17-26-5)14-15-27-29(9,10)24(2,3)4/h17,20-22H,11-16,18H2,1-10H3/b23-17-/t20-,21+,22?/m0/s1. The van der Waals surface area contributed by atoms with Crippen molar-refractivity contribution in [3.8, 4) is 0 Å². The maximum atomic E-state index is 12.4. The van der Waals surface area contributed by atoms with E-state index >= 15 is 0 Å². The van der Waals surface area contributed by atoms with Crippen molar-refractivity contribution in [2.24, 2.45) is 17.8 Å². The quantitative estimate of drug-likeness (QED) is 0.264. The average molecular weight is 441 g/mol. The first-order chi connectivity index (χ1) is 13.2. The predicted molar refractivity (Wildman–Crippen MR) is 131 cm³/mol. The summed E-state index contributed by atoms with van der Waals surface area (Å²) in [7, 11) is -1.22. The van der Waals surface area contributed by atoms with E-state index < -0.39 is 16.4 Å². The van der Waals surface area contributed by atoms with Gasteiger partial charge in [-0.25, -0.2) is 0 Å². The molecule has 1 fully saturated rings. The molecule has 0 saturated heterocycles. The molecule has 5 heteroatoms. The highest BCUT2D eigenvalue weighted by atomic mass is 28.4. The van der Waals surface area contributed by atoms with Crippen molar-refractivity contribution in [3.63, 3.8) is 0 Å². The van der Waals surface area contributed by atoms with Crippen molar-refractivity contribution < 1.29 is 14.0 Å². The van der Waals surface area contributed by atoms with Crippen molar-refractivity contribution in [2.75, 3.05) is 13.7 Å². The molecule has 0 heterocycles. The molecule has 0 spiro atoms. The lowest BCUT2D eigenvalue weighted by Crippen LogP contribution is -2.41. The number of rotatable bonds is 10. The Kier molecular flexibility index (Phi) is 9.89. The third kappa shape index (κ3) is 8.70. The lowest BCUT2D eigenvalue weighted by molar-refractivity contribution is -0.120. The Balaban J connectivity index is 2.84. The van der Waals surface area contributed by atoms with E-state index in [1.807, 2.05) is 6.26 Å². The summed E-state index contributed by atoms with van der Waals surface area (Å²) in [6, 6.07) is 1.10. The number of ether oxygens (including phenoxy) is 1. The van der Waals surface area contributed by atoms with Gasteiger partial charge in [-0.05, 0) is 74.2 Å². The van der Waals surface area contributed by atoms with Crippen molar-refractivity contribution in [1.29, 1.82) is 0 Å². The van der Waals surface area contributed by atoms with Crippen molar-refractivity contribution in [3.05, 3.63) is 11.8 Å². The van der Waals surface area contributed by atoms with Gasteiger partial charge >= 0.3 is 0 Å². The molecule has 0 amide bonds. The summed E-state index contributed by atoms with van der Waals surface area (Å²) in [5.74, 6) is 1.58. The molecule has 0 aromatic rings. The Morgan fingerprint density at radius 1 is 1.14 bits per heavy atom. The largest absolute Gasteiger partial charge is 0.504 e. The van der Waals surface area contributed by atoms with E-state index in [-0.39, 0.29) is 11.0 Å². The molecule has 29 heavy (non-hydrogen) atoms. The average Bonchev–Trinajstić information content (AvgIpc) is 2.54. The maximum absolute atomic E-state index is 12.4. The number of ketones is 1. The van der Waals surface area contributed by atoms with Gasteiger partial charge in [0, 0.05) is 20.6 Å². The molecule has 0 radical (unpaired) electrons. The van der Waals surface area contributed by atoms with Crippen LogP contribution in [0.5, 0.6) is 0 Å². The molecular formula is C24H48O3Si2. The van der Waals surface area contributed by atoms with Gasteiger partial charge in [-0.3, -0.25) is 4.79 Å². The number of Topliss-reactive ketones (excluding diaryl/α,β-unsaturated/α-hetero) is 1. The second-order valence-corrected chi connectivity index (χ2v) is 22.2. The van der Waals surface area contributed by atoms with Crippen LogP contribution in [0.4, 0.5) is 0 Å². The second kappa shape index (κ2) is 10.8. The van der Waals surface area contributed by atoms with Gasteiger partial charge in [0.05, 0.1) is 13.4 Å². The van der Waals surface area contributed by atoms with Crippen LogP contribution in [0, 0.1) is 17.8 Å². The topological polar surface area (TPSA) is 35.5 Å². The Bertz CT molecular complexity index is 555. The highest BCUT2D eigenvalue weighted by Gasteiger charge is 2.38. The van der Waals surface area contributed by atoms with Gasteiger partial charge < -0.3 is 9.16 Å². The fraction of sp³-hybridized carbons (Fsp3) is 0.875. The third-order valence-electron chi connectivity index (χ3n) is 7.04. The minimum atomic E-state index is -1.71. The molecule has 1 unspecified atom stereocenters. The van der Waals surface area contributed by atoms with Gasteiger partial charge in [0.15, 0.2) is 8.32 Å². The zero-order chi connectivity index (χ0) is 22.5. The monoisotopic (exact) mass is 440 g/mol. The minimum absolute atomic E-state index is 0.203. The molecule has 1 saturated carbocycles. The number of carbonyl (C=O) groups excluding carboxylic acids is 1. The molecule has 1 aliphatic carbocycles. The van der Waals surface area contributed by atoms with Crippen LogP contribution in [0.3, 0.4) is 0 Å². The summed E-state index contributed by atoms with van der Waals surface area (Å²) in [4.78, 5) is 12.4. The van der Waals surface area contributed by atoms with E-state index in [1.165, 1.54) is 24.8 Å². The molecule has 0 aromatic carbocycles. The first-order valence-electron chi connectivity index (χ1n) is 11.5. The maximum Gasteiger partial charge on any atom is 0.191 e. The molecule has 0 N–H and O–H groups in total. The van der Waals surface area contributed by atoms with Crippen molar-refractivity contribution >= 4 is 22.2 Å². The summed E-state index contributed by atoms with van der Waals surface area (Å²) in [5, 5.41) is 0.249. The predicted octanol–water partition coefficient (Wildman–Crippen LogP) is 7.28. The summed E-state index contributed by atoms with van der Waals surface area (Å²) >= 11 is 0. The van der Waals surface area contributed by atoms with Gasteiger partial charge in [0.25, 0.3) is 0 Å².